The lowest BCUT2D eigenvalue weighted by Gasteiger charge is -2.23. The third kappa shape index (κ3) is 3.89. The van der Waals surface area contributed by atoms with Gasteiger partial charge in [-0.3, -0.25) is 9.88 Å². The van der Waals surface area contributed by atoms with E-state index in [-0.39, 0.29) is 0 Å². The molecule has 1 aromatic carbocycles. The van der Waals surface area contributed by atoms with E-state index in [2.05, 4.69) is 56.1 Å². The average molecular weight is 335 g/mol. The highest BCUT2D eigenvalue weighted by molar-refractivity contribution is 5.84. The highest BCUT2D eigenvalue weighted by Crippen LogP contribution is 2.22. The Balaban J connectivity index is 1.53. The molecule has 0 bridgehead atoms. The highest BCUT2D eigenvalue weighted by atomic mass is 15.2. The molecule has 0 aliphatic carbocycles. The zero-order chi connectivity index (χ0) is 17.1. The van der Waals surface area contributed by atoms with Crippen molar-refractivity contribution >= 4 is 10.8 Å². The number of aromatic amines is 1. The normalized spacial score (nSPS) is 20.0. The first-order chi connectivity index (χ1) is 12.3. The SMILES string of the molecule is CN1CCN(Cc2ncc[nH]2)C[C@H](Cc2cncc3ccccc23)C1. The summed E-state index contributed by atoms with van der Waals surface area (Å²) >= 11 is 0. The average Bonchev–Trinajstić information content (AvgIpc) is 3.06. The van der Waals surface area contributed by atoms with Crippen LogP contribution in [0, 0.1) is 5.92 Å². The fourth-order valence-electron chi connectivity index (χ4n) is 3.88. The Morgan fingerprint density at radius 2 is 2.08 bits per heavy atom. The van der Waals surface area contributed by atoms with Crippen LogP contribution in [0.15, 0.2) is 49.1 Å². The molecule has 1 aliphatic rings. The number of aromatic nitrogens is 3. The second kappa shape index (κ2) is 7.33. The Kier molecular flexibility index (Phi) is 4.76. The summed E-state index contributed by atoms with van der Waals surface area (Å²) in [5.74, 6) is 1.64. The van der Waals surface area contributed by atoms with Crippen LogP contribution >= 0.6 is 0 Å². The largest absolute Gasteiger partial charge is 0.348 e. The number of H-pyrrole nitrogens is 1. The Morgan fingerprint density at radius 1 is 1.16 bits per heavy atom. The molecular weight excluding hydrogens is 310 g/mol. The Bertz CT molecular complexity index is 809. The van der Waals surface area contributed by atoms with Crippen LogP contribution in [-0.2, 0) is 13.0 Å². The number of pyridine rings is 1. The zero-order valence-corrected chi connectivity index (χ0v) is 14.7. The molecule has 2 aromatic heterocycles. The molecule has 0 amide bonds. The van der Waals surface area contributed by atoms with Crippen LogP contribution in [0.4, 0.5) is 0 Å². The van der Waals surface area contributed by atoms with Gasteiger partial charge in [0.15, 0.2) is 0 Å². The van der Waals surface area contributed by atoms with Crippen molar-refractivity contribution in [3.63, 3.8) is 0 Å². The molecule has 3 heterocycles. The third-order valence-electron chi connectivity index (χ3n) is 5.07. The molecule has 1 N–H and O–H groups in total. The predicted molar refractivity (Wildman–Crippen MR) is 100 cm³/mol. The van der Waals surface area contributed by atoms with Gasteiger partial charge < -0.3 is 9.88 Å². The summed E-state index contributed by atoms with van der Waals surface area (Å²) in [4.78, 5) is 17.0. The minimum absolute atomic E-state index is 0.593. The van der Waals surface area contributed by atoms with Crippen molar-refractivity contribution in [1.29, 1.82) is 0 Å². The van der Waals surface area contributed by atoms with Gasteiger partial charge in [0.25, 0.3) is 0 Å². The number of nitrogens with one attached hydrogen (secondary N) is 1. The van der Waals surface area contributed by atoms with Crippen molar-refractivity contribution in [2.24, 2.45) is 5.92 Å². The topological polar surface area (TPSA) is 48.0 Å². The molecule has 0 spiro atoms. The molecule has 1 atom stereocenters. The molecule has 1 saturated heterocycles. The molecular formula is C20H25N5. The maximum atomic E-state index is 4.46. The number of fused-ring (bicyclic) bond motifs is 1. The third-order valence-corrected chi connectivity index (χ3v) is 5.07. The van der Waals surface area contributed by atoms with Gasteiger partial charge in [-0.05, 0) is 30.3 Å². The van der Waals surface area contributed by atoms with Gasteiger partial charge in [-0.25, -0.2) is 4.98 Å². The van der Waals surface area contributed by atoms with E-state index in [1.807, 2.05) is 24.8 Å². The summed E-state index contributed by atoms with van der Waals surface area (Å²) < 4.78 is 0. The zero-order valence-electron chi connectivity index (χ0n) is 14.7. The summed E-state index contributed by atoms with van der Waals surface area (Å²) in [6.07, 6.45) is 8.80. The summed E-state index contributed by atoms with van der Waals surface area (Å²) in [5, 5.41) is 2.57. The van der Waals surface area contributed by atoms with E-state index in [1.165, 1.54) is 16.3 Å². The van der Waals surface area contributed by atoms with Gasteiger partial charge in [-0.15, -0.1) is 0 Å². The van der Waals surface area contributed by atoms with E-state index in [0.717, 1.165) is 45.0 Å². The lowest BCUT2D eigenvalue weighted by atomic mass is 9.96. The van der Waals surface area contributed by atoms with Gasteiger partial charge in [0, 0.05) is 56.4 Å². The highest BCUT2D eigenvalue weighted by Gasteiger charge is 2.22. The second-order valence-electron chi connectivity index (χ2n) is 7.12. The van der Waals surface area contributed by atoms with Gasteiger partial charge in [-0.1, -0.05) is 24.3 Å². The monoisotopic (exact) mass is 335 g/mol. The standard InChI is InChI=1S/C20H25N5/c1-24-8-9-25(15-20-22-6-7-23-20)14-16(13-24)10-18-12-21-11-17-4-2-3-5-19(17)18/h2-7,11-12,16H,8-10,13-15H2,1H3,(H,22,23)/t16-/m1/s1. The van der Waals surface area contributed by atoms with Crippen molar-refractivity contribution in [3.05, 3.63) is 60.4 Å². The molecule has 0 radical (unpaired) electrons. The molecule has 3 aromatic rings. The number of rotatable bonds is 4. The molecule has 0 saturated carbocycles. The van der Waals surface area contributed by atoms with Crippen LogP contribution in [0.3, 0.4) is 0 Å². The first-order valence-electron chi connectivity index (χ1n) is 8.99. The predicted octanol–water partition coefficient (Wildman–Crippen LogP) is 2.56. The van der Waals surface area contributed by atoms with Crippen LogP contribution in [-0.4, -0.2) is 58.0 Å². The Morgan fingerprint density at radius 3 is 2.96 bits per heavy atom. The van der Waals surface area contributed by atoms with Crippen LogP contribution in [0.5, 0.6) is 0 Å². The number of hydrogen-bond acceptors (Lipinski definition) is 4. The number of benzene rings is 1. The lowest BCUT2D eigenvalue weighted by molar-refractivity contribution is 0.244. The smallest absolute Gasteiger partial charge is 0.120 e. The van der Waals surface area contributed by atoms with Gasteiger partial charge >= 0.3 is 0 Å². The summed E-state index contributed by atoms with van der Waals surface area (Å²) in [6.45, 7) is 5.30. The van der Waals surface area contributed by atoms with E-state index in [0.29, 0.717) is 5.92 Å². The summed E-state index contributed by atoms with van der Waals surface area (Å²) in [6, 6.07) is 8.56. The van der Waals surface area contributed by atoms with Crippen LogP contribution < -0.4 is 0 Å². The maximum absolute atomic E-state index is 4.46. The number of hydrogen-bond donors (Lipinski definition) is 1. The Hall–Kier alpha value is -2.24. The van der Waals surface area contributed by atoms with Crippen molar-refractivity contribution in [1.82, 2.24) is 24.8 Å². The number of likely N-dealkylation sites (N-methyl/N-ethyl adjacent to an activating group) is 1. The van der Waals surface area contributed by atoms with E-state index in [1.54, 1.807) is 0 Å². The molecule has 1 fully saturated rings. The molecule has 5 heteroatoms. The van der Waals surface area contributed by atoms with Crippen molar-refractivity contribution in [2.75, 3.05) is 33.2 Å². The van der Waals surface area contributed by atoms with Crippen molar-refractivity contribution in [3.8, 4) is 0 Å². The molecule has 5 nitrogen and oxygen atoms in total. The fraction of sp³-hybridized carbons (Fsp3) is 0.400. The van der Waals surface area contributed by atoms with E-state index in [4.69, 9.17) is 0 Å². The first kappa shape index (κ1) is 16.2. The molecule has 130 valence electrons. The fourth-order valence-corrected chi connectivity index (χ4v) is 3.88. The van der Waals surface area contributed by atoms with Gasteiger partial charge in [0.1, 0.15) is 5.82 Å². The number of nitrogens with zero attached hydrogens (tertiary/aromatic N) is 4. The summed E-state index contributed by atoms with van der Waals surface area (Å²) in [7, 11) is 2.23. The van der Waals surface area contributed by atoms with Crippen LogP contribution in [0.2, 0.25) is 0 Å². The quantitative estimate of drug-likeness (QED) is 0.796. The van der Waals surface area contributed by atoms with Gasteiger partial charge in [0.05, 0.1) is 6.54 Å². The minimum atomic E-state index is 0.593. The first-order valence-corrected chi connectivity index (χ1v) is 8.99. The van der Waals surface area contributed by atoms with Gasteiger partial charge in [0.2, 0.25) is 0 Å². The van der Waals surface area contributed by atoms with E-state index < -0.39 is 0 Å². The minimum Gasteiger partial charge on any atom is -0.348 e. The second-order valence-corrected chi connectivity index (χ2v) is 7.12. The van der Waals surface area contributed by atoms with Gasteiger partial charge in [-0.2, -0.15) is 0 Å². The van der Waals surface area contributed by atoms with Crippen molar-refractivity contribution < 1.29 is 0 Å². The van der Waals surface area contributed by atoms with Crippen LogP contribution in [0.25, 0.3) is 10.8 Å². The maximum Gasteiger partial charge on any atom is 0.120 e. The number of imidazole rings is 1. The van der Waals surface area contributed by atoms with E-state index >= 15 is 0 Å². The molecule has 1 aliphatic heterocycles. The molecule has 0 unspecified atom stereocenters. The van der Waals surface area contributed by atoms with Crippen LogP contribution in [0.1, 0.15) is 11.4 Å². The lowest BCUT2D eigenvalue weighted by Crippen LogP contribution is -2.31. The molecule has 25 heavy (non-hydrogen) atoms. The molecule has 4 rings (SSSR count). The van der Waals surface area contributed by atoms with E-state index in [9.17, 15) is 0 Å². The summed E-state index contributed by atoms with van der Waals surface area (Å²) in [5.41, 5.74) is 1.36. The Labute approximate surface area is 148 Å². The van der Waals surface area contributed by atoms with Crippen molar-refractivity contribution in [2.45, 2.75) is 13.0 Å².